The van der Waals surface area contributed by atoms with Gasteiger partial charge in [-0.3, -0.25) is 0 Å². The van der Waals surface area contributed by atoms with Crippen molar-refractivity contribution < 1.29 is 5.11 Å². The molecule has 3 rings (SSSR count). The lowest BCUT2D eigenvalue weighted by Crippen LogP contribution is -2.37. The van der Waals surface area contributed by atoms with Crippen molar-refractivity contribution in [3.8, 4) is 0 Å². The summed E-state index contributed by atoms with van der Waals surface area (Å²) in [6, 6.07) is 8.62. The van der Waals surface area contributed by atoms with E-state index >= 15 is 0 Å². The van der Waals surface area contributed by atoms with Gasteiger partial charge < -0.3 is 5.11 Å². The van der Waals surface area contributed by atoms with Crippen molar-refractivity contribution in [2.45, 2.75) is 44.6 Å². The number of fused-ring (bicyclic) bond motifs is 2. The highest BCUT2D eigenvalue weighted by Crippen LogP contribution is 2.51. The molecule has 1 aromatic carbocycles. The van der Waals surface area contributed by atoms with Crippen LogP contribution in [0.2, 0.25) is 0 Å². The monoisotopic (exact) mass is 216 g/mol. The molecule has 1 aromatic rings. The van der Waals surface area contributed by atoms with Gasteiger partial charge in [-0.25, -0.2) is 0 Å². The molecule has 2 fully saturated rings. The highest BCUT2D eigenvalue weighted by Gasteiger charge is 2.49. The van der Waals surface area contributed by atoms with Crippen LogP contribution in [0.1, 0.15) is 36.8 Å². The molecule has 2 aliphatic carbocycles. The van der Waals surface area contributed by atoms with Gasteiger partial charge in [-0.1, -0.05) is 29.8 Å². The minimum Gasteiger partial charge on any atom is -0.389 e. The molecule has 0 spiro atoms. The summed E-state index contributed by atoms with van der Waals surface area (Å²) in [6.07, 6.45) is 5.75. The zero-order chi connectivity index (χ0) is 11.2. The van der Waals surface area contributed by atoms with Crippen LogP contribution in [0.4, 0.5) is 0 Å². The van der Waals surface area contributed by atoms with Crippen LogP contribution in [0.5, 0.6) is 0 Å². The van der Waals surface area contributed by atoms with E-state index in [-0.39, 0.29) is 0 Å². The summed E-state index contributed by atoms with van der Waals surface area (Å²) in [5.41, 5.74) is 2.20. The maximum absolute atomic E-state index is 10.7. The Kier molecular flexibility index (Phi) is 2.32. The molecule has 3 atom stereocenters. The fourth-order valence-corrected chi connectivity index (χ4v) is 3.69. The number of benzene rings is 1. The Balaban J connectivity index is 1.77. The predicted molar refractivity (Wildman–Crippen MR) is 65.3 cm³/mol. The molecule has 0 saturated heterocycles. The Morgan fingerprint density at radius 3 is 2.56 bits per heavy atom. The van der Waals surface area contributed by atoms with E-state index < -0.39 is 5.60 Å². The van der Waals surface area contributed by atoms with E-state index in [0.717, 1.165) is 18.8 Å². The molecule has 0 radical (unpaired) electrons. The highest BCUT2D eigenvalue weighted by molar-refractivity contribution is 5.24. The Labute approximate surface area is 97.5 Å². The second-order valence-electron chi connectivity index (χ2n) is 5.85. The number of aryl methyl sites for hydroxylation is 1. The van der Waals surface area contributed by atoms with Crippen LogP contribution in [0.15, 0.2) is 24.3 Å². The van der Waals surface area contributed by atoms with Gasteiger partial charge in [-0.2, -0.15) is 0 Å². The van der Waals surface area contributed by atoms with E-state index in [2.05, 4.69) is 31.2 Å². The zero-order valence-electron chi connectivity index (χ0n) is 9.95. The van der Waals surface area contributed by atoms with Crippen molar-refractivity contribution in [2.24, 2.45) is 11.8 Å². The Morgan fingerprint density at radius 2 is 2.00 bits per heavy atom. The predicted octanol–water partition coefficient (Wildman–Crippen LogP) is 3.09. The summed E-state index contributed by atoms with van der Waals surface area (Å²) < 4.78 is 0. The molecule has 0 aromatic heterocycles. The Bertz CT molecular complexity index is 381. The first-order valence-corrected chi connectivity index (χ1v) is 6.44. The molecular weight excluding hydrogens is 196 g/mol. The molecule has 0 aliphatic heterocycles. The lowest BCUT2D eigenvalue weighted by atomic mass is 9.80. The molecule has 1 N–H and O–H groups in total. The molecule has 3 unspecified atom stereocenters. The van der Waals surface area contributed by atoms with Gasteiger partial charge >= 0.3 is 0 Å². The maximum atomic E-state index is 10.7. The zero-order valence-corrected chi connectivity index (χ0v) is 9.95. The van der Waals surface area contributed by atoms with Crippen molar-refractivity contribution in [1.29, 1.82) is 0 Å². The van der Waals surface area contributed by atoms with Crippen molar-refractivity contribution in [3.05, 3.63) is 35.4 Å². The average molecular weight is 216 g/mol. The Hall–Kier alpha value is -0.820. The molecule has 2 saturated carbocycles. The first-order chi connectivity index (χ1) is 7.66. The third kappa shape index (κ3) is 1.67. The minimum atomic E-state index is -0.391. The summed E-state index contributed by atoms with van der Waals surface area (Å²) in [6.45, 7) is 2.11. The van der Waals surface area contributed by atoms with Crippen molar-refractivity contribution in [1.82, 2.24) is 0 Å². The SMILES string of the molecule is Cc1ccc(CC2(O)CC3CCC2C3)cc1. The largest absolute Gasteiger partial charge is 0.389 e. The van der Waals surface area contributed by atoms with Crippen LogP contribution in [0.3, 0.4) is 0 Å². The van der Waals surface area contributed by atoms with Gasteiger partial charge in [-0.15, -0.1) is 0 Å². The van der Waals surface area contributed by atoms with Gasteiger partial charge in [0.15, 0.2) is 0 Å². The Morgan fingerprint density at radius 1 is 1.25 bits per heavy atom. The highest BCUT2D eigenvalue weighted by atomic mass is 16.3. The minimum absolute atomic E-state index is 0.391. The van der Waals surface area contributed by atoms with Crippen LogP contribution in [-0.2, 0) is 6.42 Å². The van der Waals surface area contributed by atoms with E-state index in [0.29, 0.717) is 5.92 Å². The molecule has 86 valence electrons. The van der Waals surface area contributed by atoms with Gasteiger partial charge in [0.1, 0.15) is 0 Å². The summed E-state index contributed by atoms with van der Waals surface area (Å²) >= 11 is 0. The molecular formula is C15H20O. The van der Waals surface area contributed by atoms with E-state index in [1.54, 1.807) is 0 Å². The fourth-order valence-electron chi connectivity index (χ4n) is 3.69. The van der Waals surface area contributed by atoms with Crippen LogP contribution < -0.4 is 0 Å². The second-order valence-corrected chi connectivity index (χ2v) is 5.85. The van der Waals surface area contributed by atoms with Crippen molar-refractivity contribution in [2.75, 3.05) is 0 Å². The molecule has 16 heavy (non-hydrogen) atoms. The molecule has 1 heteroatoms. The first-order valence-electron chi connectivity index (χ1n) is 6.44. The lowest BCUT2D eigenvalue weighted by molar-refractivity contribution is -0.0125. The van der Waals surface area contributed by atoms with Gasteiger partial charge in [0.2, 0.25) is 0 Å². The van der Waals surface area contributed by atoms with Crippen LogP contribution in [-0.4, -0.2) is 10.7 Å². The third-order valence-electron chi connectivity index (χ3n) is 4.57. The quantitative estimate of drug-likeness (QED) is 0.805. The van der Waals surface area contributed by atoms with Gasteiger partial charge in [0, 0.05) is 6.42 Å². The average Bonchev–Trinajstić information content (AvgIpc) is 2.81. The molecule has 2 bridgehead atoms. The smallest absolute Gasteiger partial charge is 0.0718 e. The van der Waals surface area contributed by atoms with E-state index in [1.165, 1.54) is 30.4 Å². The first kappa shape index (κ1) is 10.3. The normalized spacial score (nSPS) is 36.9. The van der Waals surface area contributed by atoms with E-state index in [4.69, 9.17) is 0 Å². The van der Waals surface area contributed by atoms with Crippen LogP contribution in [0, 0.1) is 18.8 Å². The maximum Gasteiger partial charge on any atom is 0.0718 e. The fraction of sp³-hybridized carbons (Fsp3) is 0.600. The molecule has 0 amide bonds. The summed E-state index contributed by atoms with van der Waals surface area (Å²) in [5, 5.41) is 10.7. The van der Waals surface area contributed by atoms with Gasteiger partial charge in [0.25, 0.3) is 0 Å². The summed E-state index contributed by atoms with van der Waals surface area (Å²) in [5.74, 6) is 1.37. The van der Waals surface area contributed by atoms with Crippen molar-refractivity contribution in [3.63, 3.8) is 0 Å². The van der Waals surface area contributed by atoms with Gasteiger partial charge in [-0.05, 0) is 50.0 Å². The third-order valence-corrected chi connectivity index (χ3v) is 4.57. The van der Waals surface area contributed by atoms with Crippen LogP contribution >= 0.6 is 0 Å². The number of hydrogen-bond donors (Lipinski definition) is 1. The summed E-state index contributed by atoms with van der Waals surface area (Å²) in [4.78, 5) is 0. The van der Waals surface area contributed by atoms with Crippen LogP contribution in [0.25, 0.3) is 0 Å². The number of aliphatic hydroxyl groups is 1. The lowest BCUT2D eigenvalue weighted by Gasteiger charge is -2.32. The topological polar surface area (TPSA) is 20.2 Å². The molecule has 1 nitrogen and oxygen atoms in total. The van der Waals surface area contributed by atoms with E-state index in [1.807, 2.05) is 0 Å². The second kappa shape index (κ2) is 3.59. The summed E-state index contributed by atoms with van der Waals surface area (Å²) in [7, 11) is 0. The molecule has 2 aliphatic rings. The number of rotatable bonds is 2. The van der Waals surface area contributed by atoms with Gasteiger partial charge in [0.05, 0.1) is 5.60 Å². The molecule has 0 heterocycles. The standard InChI is InChI=1S/C15H20O/c1-11-2-4-12(5-3-11)9-15(16)10-13-6-7-14(15)8-13/h2-5,13-14,16H,6-10H2,1H3. The van der Waals surface area contributed by atoms with E-state index in [9.17, 15) is 5.11 Å². The number of hydrogen-bond acceptors (Lipinski definition) is 1. The van der Waals surface area contributed by atoms with Crippen molar-refractivity contribution >= 4 is 0 Å².